The van der Waals surface area contributed by atoms with E-state index >= 15 is 0 Å². The molecule has 0 saturated heterocycles. The van der Waals surface area contributed by atoms with Crippen LogP contribution < -0.4 is 10.6 Å². The highest BCUT2D eigenvalue weighted by Crippen LogP contribution is 2.16. The Kier molecular flexibility index (Phi) is 7.00. The van der Waals surface area contributed by atoms with Crippen LogP contribution in [0.5, 0.6) is 0 Å². The molecule has 2 aromatic rings. The first-order valence-corrected chi connectivity index (χ1v) is 8.22. The lowest BCUT2D eigenvalue weighted by Crippen LogP contribution is -2.23. The third-order valence-electron chi connectivity index (χ3n) is 3.52. The molecule has 0 bridgehead atoms. The monoisotopic (exact) mass is 355 g/mol. The Labute approximate surface area is 151 Å². The summed E-state index contributed by atoms with van der Waals surface area (Å²) in [5.41, 5.74) is 2.41. The number of rotatable bonds is 7. The minimum Gasteiger partial charge on any atom is -0.352 e. The zero-order valence-electron chi connectivity index (χ0n) is 13.6. The summed E-state index contributed by atoms with van der Waals surface area (Å²) in [7, 11) is 0. The van der Waals surface area contributed by atoms with Crippen LogP contribution in [0.3, 0.4) is 0 Å². The van der Waals surface area contributed by atoms with E-state index in [0.29, 0.717) is 30.1 Å². The molecule has 0 atom stereocenters. The lowest BCUT2D eigenvalue weighted by molar-refractivity contribution is -0.121. The quantitative estimate of drug-likeness (QED) is 0.798. The van der Waals surface area contributed by atoms with Crippen LogP contribution in [0.1, 0.15) is 24.0 Å². The Morgan fingerprint density at radius 3 is 2.64 bits per heavy atom. The highest BCUT2D eigenvalue weighted by Gasteiger charge is 2.06. The third-order valence-corrected chi connectivity index (χ3v) is 3.89. The summed E-state index contributed by atoms with van der Waals surface area (Å²) in [6, 6.07) is 16.4. The van der Waals surface area contributed by atoms with Crippen molar-refractivity contribution in [2.45, 2.75) is 25.8 Å². The molecular formula is C19H18ClN3O2. The van der Waals surface area contributed by atoms with Crippen molar-refractivity contribution < 1.29 is 9.59 Å². The van der Waals surface area contributed by atoms with Crippen molar-refractivity contribution in [2.75, 3.05) is 5.32 Å². The fraction of sp³-hybridized carbons (Fsp3) is 0.211. The molecule has 2 rings (SSSR count). The number of benzene rings is 2. The van der Waals surface area contributed by atoms with Gasteiger partial charge in [-0.1, -0.05) is 41.9 Å². The summed E-state index contributed by atoms with van der Waals surface area (Å²) in [4.78, 5) is 23.4. The van der Waals surface area contributed by atoms with Gasteiger partial charge in [-0.3, -0.25) is 9.59 Å². The van der Waals surface area contributed by atoms with E-state index < -0.39 is 0 Å². The van der Waals surface area contributed by atoms with Gasteiger partial charge in [0.1, 0.15) is 6.42 Å². The number of carbonyl (C=O) groups is 2. The van der Waals surface area contributed by atoms with Crippen LogP contribution in [0.15, 0.2) is 48.5 Å². The van der Waals surface area contributed by atoms with Gasteiger partial charge in [0.2, 0.25) is 11.8 Å². The van der Waals surface area contributed by atoms with Crippen LogP contribution in [-0.4, -0.2) is 11.8 Å². The van der Waals surface area contributed by atoms with Crippen molar-refractivity contribution >= 4 is 29.1 Å². The van der Waals surface area contributed by atoms with Gasteiger partial charge in [-0.05, 0) is 35.7 Å². The number of halogens is 1. The van der Waals surface area contributed by atoms with E-state index in [9.17, 15) is 9.59 Å². The molecule has 2 amide bonds. The summed E-state index contributed by atoms with van der Waals surface area (Å²) >= 11 is 6.08. The molecule has 6 heteroatoms. The van der Waals surface area contributed by atoms with E-state index in [1.54, 1.807) is 30.3 Å². The number of aryl methyl sites for hydroxylation is 1. The van der Waals surface area contributed by atoms with Gasteiger partial charge in [0.05, 0.1) is 6.07 Å². The summed E-state index contributed by atoms with van der Waals surface area (Å²) in [5, 5.41) is 14.6. The van der Waals surface area contributed by atoms with E-state index in [2.05, 4.69) is 10.6 Å². The van der Waals surface area contributed by atoms with Crippen molar-refractivity contribution in [3.63, 3.8) is 0 Å². The Morgan fingerprint density at radius 1 is 1.08 bits per heavy atom. The molecule has 0 aliphatic rings. The second kappa shape index (κ2) is 9.45. The normalized spacial score (nSPS) is 9.92. The molecule has 0 aromatic heterocycles. The lowest BCUT2D eigenvalue weighted by atomic mass is 10.1. The van der Waals surface area contributed by atoms with Gasteiger partial charge in [-0.25, -0.2) is 0 Å². The largest absolute Gasteiger partial charge is 0.352 e. The maximum Gasteiger partial charge on any atom is 0.238 e. The fourth-order valence-electron chi connectivity index (χ4n) is 2.27. The van der Waals surface area contributed by atoms with Crippen molar-refractivity contribution in [1.29, 1.82) is 5.26 Å². The van der Waals surface area contributed by atoms with E-state index in [0.717, 1.165) is 11.1 Å². The number of carbonyl (C=O) groups excluding carboxylic acids is 2. The first-order chi connectivity index (χ1) is 12.1. The highest BCUT2D eigenvalue weighted by molar-refractivity contribution is 6.31. The van der Waals surface area contributed by atoms with Gasteiger partial charge in [-0.2, -0.15) is 5.26 Å². The standard InChI is InChI=1S/C19H18ClN3O2/c20-17-7-2-1-5-15(17)8-9-18(24)22-13-14-4-3-6-16(12-14)23-19(25)10-11-21/h1-7,12H,8-10,13H2,(H,22,24)(H,23,25). The number of hydrogen-bond acceptors (Lipinski definition) is 3. The molecule has 5 nitrogen and oxygen atoms in total. The fourth-order valence-corrected chi connectivity index (χ4v) is 2.50. The first-order valence-electron chi connectivity index (χ1n) is 7.84. The van der Waals surface area contributed by atoms with Crippen molar-refractivity contribution in [3.8, 4) is 6.07 Å². The molecule has 0 radical (unpaired) electrons. The Morgan fingerprint density at radius 2 is 1.88 bits per heavy atom. The first kappa shape index (κ1) is 18.5. The number of nitriles is 1. The predicted molar refractivity (Wildman–Crippen MR) is 96.9 cm³/mol. The number of nitrogens with zero attached hydrogens (tertiary/aromatic N) is 1. The second-order valence-electron chi connectivity index (χ2n) is 5.45. The van der Waals surface area contributed by atoms with Gasteiger partial charge in [0.15, 0.2) is 0 Å². The SMILES string of the molecule is N#CCC(=O)Nc1cccc(CNC(=O)CCc2ccccc2Cl)c1. The molecule has 0 saturated carbocycles. The van der Waals surface area contributed by atoms with Crippen molar-refractivity contribution in [1.82, 2.24) is 5.32 Å². The third kappa shape index (κ3) is 6.28. The van der Waals surface area contributed by atoms with Crippen LogP contribution in [0.25, 0.3) is 0 Å². The molecule has 0 aliphatic carbocycles. The second-order valence-corrected chi connectivity index (χ2v) is 5.86. The molecule has 0 fully saturated rings. The van der Waals surface area contributed by atoms with E-state index in [4.69, 9.17) is 16.9 Å². The van der Waals surface area contributed by atoms with Crippen molar-refractivity contribution in [2.24, 2.45) is 0 Å². The number of hydrogen-bond donors (Lipinski definition) is 2. The average molecular weight is 356 g/mol. The van der Waals surface area contributed by atoms with Gasteiger partial charge in [0.25, 0.3) is 0 Å². The van der Waals surface area contributed by atoms with Gasteiger partial charge in [-0.15, -0.1) is 0 Å². The highest BCUT2D eigenvalue weighted by atomic mass is 35.5. The molecule has 0 heterocycles. The van der Waals surface area contributed by atoms with Crippen LogP contribution >= 0.6 is 11.6 Å². The van der Waals surface area contributed by atoms with Gasteiger partial charge >= 0.3 is 0 Å². The zero-order chi connectivity index (χ0) is 18.1. The van der Waals surface area contributed by atoms with E-state index in [1.165, 1.54) is 0 Å². The Bertz CT molecular complexity index is 799. The molecule has 25 heavy (non-hydrogen) atoms. The van der Waals surface area contributed by atoms with E-state index in [-0.39, 0.29) is 18.2 Å². The summed E-state index contributed by atoms with van der Waals surface area (Å²) in [5.74, 6) is -0.428. The maximum atomic E-state index is 12.0. The number of anilines is 1. The number of nitrogens with one attached hydrogen (secondary N) is 2. The average Bonchev–Trinajstić information content (AvgIpc) is 2.60. The molecule has 0 spiro atoms. The topological polar surface area (TPSA) is 82.0 Å². The molecule has 0 aliphatic heterocycles. The van der Waals surface area contributed by atoms with Crippen LogP contribution in [0.4, 0.5) is 5.69 Å². The van der Waals surface area contributed by atoms with E-state index in [1.807, 2.05) is 24.3 Å². The lowest BCUT2D eigenvalue weighted by Gasteiger charge is -2.08. The van der Waals surface area contributed by atoms with Crippen LogP contribution in [-0.2, 0) is 22.6 Å². The smallest absolute Gasteiger partial charge is 0.238 e. The zero-order valence-corrected chi connectivity index (χ0v) is 14.3. The molecule has 2 N–H and O–H groups in total. The molecule has 128 valence electrons. The molecular weight excluding hydrogens is 338 g/mol. The van der Waals surface area contributed by atoms with Crippen LogP contribution in [0, 0.1) is 11.3 Å². The maximum absolute atomic E-state index is 12.0. The van der Waals surface area contributed by atoms with Crippen LogP contribution in [0.2, 0.25) is 5.02 Å². The minimum atomic E-state index is -0.358. The summed E-state index contributed by atoms with van der Waals surface area (Å²) in [6.07, 6.45) is 0.737. The minimum absolute atomic E-state index is 0.0705. The molecule has 0 unspecified atom stereocenters. The molecule has 2 aromatic carbocycles. The summed E-state index contributed by atoms with van der Waals surface area (Å²) in [6.45, 7) is 0.364. The van der Waals surface area contributed by atoms with Gasteiger partial charge < -0.3 is 10.6 Å². The van der Waals surface area contributed by atoms with Crippen molar-refractivity contribution in [3.05, 3.63) is 64.7 Å². The summed E-state index contributed by atoms with van der Waals surface area (Å²) < 4.78 is 0. The number of amides is 2. The predicted octanol–water partition coefficient (Wildman–Crippen LogP) is 3.44. The Hall–Kier alpha value is -2.84. The Balaban J connectivity index is 1.82. The van der Waals surface area contributed by atoms with Gasteiger partial charge in [0, 0.05) is 23.7 Å².